The Morgan fingerprint density at radius 3 is 2.41 bits per heavy atom. The molecule has 1 rings (SSSR count). The molecule has 1 aromatic carbocycles. The molecular weight excluding hydrogens is 216 g/mol. The van der Waals surface area contributed by atoms with Crippen molar-refractivity contribution in [3.05, 3.63) is 28.8 Å². The van der Waals surface area contributed by atoms with Crippen LogP contribution < -0.4 is 4.74 Å². The standard InChI is InChI=1S/C14H20O3/c1-9(2)17-14-7-10(3)12(6-11(14)4)13(15)8-16-5/h6-7,9H,8H2,1-5H3. The zero-order chi connectivity index (χ0) is 13.0. The Bertz CT molecular complexity index is 408. The van der Waals surface area contributed by atoms with Crippen LogP contribution >= 0.6 is 0 Å². The van der Waals surface area contributed by atoms with E-state index in [1.54, 1.807) is 0 Å². The molecule has 0 N–H and O–H groups in total. The Kier molecular flexibility index (Phi) is 4.70. The van der Waals surface area contributed by atoms with E-state index in [-0.39, 0.29) is 18.5 Å². The molecule has 0 aromatic heterocycles. The largest absolute Gasteiger partial charge is 0.491 e. The van der Waals surface area contributed by atoms with Crippen molar-refractivity contribution < 1.29 is 14.3 Å². The summed E-state index contributed by atoms with van der Waals surface area (Å²) in [5.74, 6) is 0.843. The van der Waals surface area contributed by atoms with Crippen LogP contribution in [-0.4, -0.2) is 25.6 Å². The number of rotatable bonds is 5. The first-order valence-electron chi connectivity index (χ1n) is 5.75. The second-order valence-electron chi connectivity index (χ2n) is 4.46. The van der Waals surface area contributed by atoms with Crippen LogP contribution in [0.2, 0.25) is 0 Å². The maximum Gasteiger partial charge on any atom is 0.188 e. The Hall–Kier alpha value is -1.35. The number of hydrogen-bond donors (Lipinski definition) is 0. The van der Waals surface area contributed by atoms with E-state index < -0.39 is 0 Å². The first-order valence-corrected chi connectivity index (χ1v) is 5.75. The van der Waals surface area contributed by atoms with Crippen LogP contribution in [0.1, 0.15) is 35.3 Å². The molecule has 0 atom stereocenters. The molecule has 0 bridgehead atoms. The predicted molar refractivity (Wildman–Crippen MR) is 67.9 cm³/mol. The first kappa shape index (κ1) is 13.7. The number of hydrogen-bond acceptors (Lipinski definition) is 3. The van der Waals surface area contributed by atoms with Crippen molar-refractivity contribution in [3.8, 4) is 5.75 Å². The van der Waals surface area contributed by atoms with Crippen LogP contribution in [0, 0.1) is 13.8 Å². The highest BCUT2D eigenvalue weighted by molar-refractivity contribution is 5.98. The lowest BCUT2D eigenvalue weighted by Crippen LogP contribution is -2.11. The van der Waals surface area contributed by atoms with Crippen molar-refractivity contribution in [1.82, 2.24) is 0 Å². The molecule has 0 unspecified atom stereocenters. The van der Waals surface area contributed by atoms with E-state index in [4.69, 9.17) is 9.47 Å². The molecule has 0 fully saturated rings. The van der Waals surface area contributed by atoms with Crippen molar-refractivity contribution >= 4 is 5.78 Å². The number of benzene rings is 1. The van der Waals surface area contributed by atoms with E-state index in [1.807, 2.05) is 39.8 Å². The minimum absolute atomic E-state index is 0.00389. The summed E-state index contributed by atoms with van der Waals surface area (Å²) in [5.41, 5.74) is 2.61. The van der Waals surface area contributed by atoms with E-state index in [9.17, 15) is 4.79 Å². The summed E-state index contributed by atoms with van der Waals surface area (Å²) in [6, 6.07) is 3.78. The highest BCUT2D eigenvalue weighted by Gasteiger charge is 2.12. The fourth-order valence-electron chi connectivity index (χ4n) is 1.68. The molecule has 0 aliphatic carbocycles. The van der Waals surface area contributed by atoms with E-state index in [2.05, 4.69) is 0 Å². The highest BCUT2D eigenvalue weighted by Crippen LogP contribution is 2.24. The van der Waals surface area contributed by atoms with Gasteiger partial charge in [-0.25, -0.2) is 0 Å². The normalized spacial score (nSPS) is 10.7. The predicted octanol–water partition coefficient (Wildman–Crippen LogP) is 2.92. The topological polar surface area (TPSA) is 35.5 Å². The molecule has 0 spiro atoms. The molecule has 94 valence electrons. The summed E-state index contributed by atoms with van der Waals surface area (Å²) < 4.78 is 10.5. The van der Waals surface area contributed by atoms with Gasteiger partial charge in [0.25, 0.3) is 0 Å². The van der Waals surface area contributed by atoms with Gasteiger partial charge in [0.15, 0.2) is 5.78 Å². The van der Waals surface area contributed by atoms with Crippen LogP contribution in [0.15, 0.2) is 12.1 Å². The summed E-state index contributed by atoms with van der Waals surface area (Å²) in [6.07, 6.45) is 0.133. The van der Waals surface area contributed by atoms with Gasteiger partial charge in [-0.1, -0.05) is 0 Å². The van der Waals surface area contributed by atoms with Crippen LogP contribution in [0.3, 0.4) is 0 Å². The lowest BCUT2D eigenvalue weighted by Gasteiger charge is -2.15. The quantitative estimate of drug-likeness (QED) is 0.737. The van der Waals surface area contributed by atoms with E-state index >= 15 is 0 Å². The number of carbonyl (C=O) groups is 1. The van der Waals surface area contributed by atoms with Gasteiger partial charge in [0.1, 0.15) is 12.4 Å². The van der Waals surface area contributed by atoms with Crippen molar-refractivity contribution in [2.75, 3.05) is 13.7 Å². The highest BCUT2D eigenvalue weighted by atomic mass is 16.5. The number of Topliss-reactive ketones (excluding diaryl/α,β-unsaturated/α-hetero) is 1. The minimum Gasteiger partial charge on any atom is -0.491 e. The molecular formula is C14H20O3. The average molecular weight is 236 g/mol. The van der Waals surface area contributed by atoms with Gasteiger partial charge in [0.05, 0.1) is 6.10 Å². The van der Waals surface area contributed by atoms with Gasteiger partial charge in [-0.05, 0) is 51.0 Å². The van der Waals surface area contributed by atoms with E-state index in [0.29, 0.717) is 5.56 Å². The second kappa shape index (κ2) is 5.82. The SMILES string of the molecule is COCC(=O)c1cc(C)c(OC(C)C)cc1C. The van der Waals surface area contributed by atoms with Gasteiger partial charge in [-0.15, -0.1) is 0 Å². The van der Waals surface area contributed by atoms with E-state index in [0.717, 1.165) is 16.9 Å². The van der Waals surface area contributed by atoms with Gasteiger partial charge >= 0.3 is 0 Å². The summed E-state index contributed by atoms with van der Waals surface area (Å²) >= 11 is 0. The minimum atomic E-state index is 0.00389. The van der Waals surface area contributed by atoms with Crippen molar-refractivity contribution in [2.24, 2.45) is 0 Å². The van der Waals surface area contributed by atoms with Crippen molar-refractivity contribution in [1.29, 1.82) is 0 Å². The summed E-state index contributed by atoms with van der Waals surface area (Å²) in [5, 5.41) is 0. The Labute approximate surface area is 103 Å². The maximum atomic E-state index is 11.8. The smallest absolute Gasteiger partial charge is 0.188 e. The second-order valence-corrected chi connectivity index (χ2v) is 4.46. The molecule has 0 heterocycles. The van der Waals surface area contributed by atoms with Crippen LogP contribution in [-0.2, 0) is 4.74 Å². The molecule has 3 heteroatoms. The number of carbonyl (C=O) groups excluding carboxylic acids is 1. The zero-order valence-corrected chi connectivity index (χ0v) is 11.2. The van der Waals surface area contributed by atoms with Crippen LogP contribution in [0.5, 0.6) is 5.75 Å². The Morgan fingerprint density at radius 2 is 1.88 bits per heavy atom. The molecule has 0 saturated heterocycles. The van der Waals surface area contributed by atoms with Gasteiger partial charge in [0.2, 0.25) is 0 Å². The third-order valence-corrected chi connectivity index (χ3v) is 2.46. The lowest BCUT2D eigenvalue weighted by molar-refractivity contribution is 0.0847. The third-order valence-electron chi connectivity index (χ3n) is 2.46. The van der Waals surface area contributed by atoms with Crippen LogP contribution in [0.4, 0.5) is 0 Å². The lowest BCUT2D eigenvalue weighted by atomic mass is 10.0. The van der Waals surface area contributed by atoms with E-state index in [1.165, 1.54) is 7.11 Å². The summed E-state index contributed by atoms with van der Waals surface area (Å²) in [7, 11) is 1.52. The molecule has 1 aromatic rings. The molecule has 0 radical (unpaired) electrons. The molecule has 0 aliphatic rings. The van der Waals surface area contributed by atoms with Crippen molar-refractivity contribution in [2.45, 2.75) is 33.8 Å². The van der Waals surface area contributed by atoms with Gasteiger partial charge in [-0.3, -0.25) is 4.79 Å². The number of ether oxygens (including phenoxy) is 2. The molecule has 0 saturated carbocycles. The Morgan fingerprint density at radius 1 is 1.24 bits per heavy atom. The molecule has 17 heavy (non-hydrogen) atoms. The maximum absolute atomic E-state index is 11.8. The molecule has 0 aliphatic heterocycles. The summed E-state index contributed by atoms with van der Waals surface area (Å²) in [6.45, 7) is 7.94. The molecule has 3 nitrogen and oxygen atoms in total. The summed E-state index contributed by atoms with van der Waals surface area (Å²) in [4.78, 5) is 11.8. The first-order chi connectivity index (χ1) is 7.95. The Balaban J connectivity index is 3.04. The van der Waals surface area contributed by atoms with Gasteiger partial charge < -0.3 is 9.47 Å². The number of ketones is 1. The van der Waals surface area contributed by atoms with Crippen molar-refractivity contribution in [3.63, 3.8) is 0 Å². The number of aryl methyl sites for hydroxylation is 2. The van der Waals surface area contributed by atoms with Gasteiger partial charge in [0, 0.05) is 12.7 Å². The zero-order valence-electron chi connectivity index (χ0n) is 11.2. The monoisotopic (exact) mass is 236 g/mol. The van der Waals surface area contributed by atoms with Gasteiger partial charge in [-0.2, -0.15) is 0 Å². The fraction of sp³-hybridized carbons (Fsp3) is 0.500. The average Bonchev–Trinajstić information content (AvgIpc) is 2.22. The van der Waals surface area contributed by atoms with Crippen LogP contribution in [0.25, 0.3) is 0 Å². The number of methoxy groups -OCH3 is 1. The molecule has 0 amide bonds. The third kappa shape index (κ3) is 3.56. The fourth-order valence-corrected chi connectivity index (χ4v) is 1.68.